The van der Waals surface area contributed by atoms with E-state index in [9.17, 15) is 19.7 Å². The number of nitrogens with zero attached hydrogens (tertiary/aromatic N) is 3. The molecule has 0 fully saturated rings. The van der Waals surface area contributed by atoms with Crippen LogP contribution in [0.15, 0.2) is 6.20 Å². The number of esters is 1. The highest BCUT2D eigenvalue weighted by Crippen LogP contribution is 2.33. The summed E-state index contributed by atoms with van der Waals surface area (Å²) in [6.07, 6.45) is 1.11. The number of hydrogen-bond donors (Lipinski definition) is 1. The van der Waals surface area contributed by atoms with Crippen molar-refractivity contribution < 1.29 is 19.2 Å². The van der Waals surface area contributed by atoms with Crippen LogP contribution in [-0.4, -0.2) is 33.2 Å². The molecule has 26 heavy (non-hydrogen) atoms. The topological polar surface area (TPSA) is 116 Å². The molecule has 2 aromatic heterocycles. The number of anilines is 1. The van der Waals surface area contributed by atoms with Crippen LogP contribution in [0.2, 0.25) is 0 Å². The number of carbonyl (C=O) groups excluding carboxylic acids is 2. The van der Waals surface area contributed by atoms with Crippen molar-refractivity contribution in [1.82, 2.24) is 9.78 Å². The fourth-order valence-corrected chi connectivity index (χ4v) is 3.53. The van der Waals surface area contributed by atoms with Gasteiger partial charge >= 0.3 is 11.7 Å². The third-order valence-electron chi connectivity index (χ3n) is 4.06. The Morgan fingerprint density at radius 1 is 1.42 bits per heavy atom. The summed E-state index contributed by atoms with van der Waals surface area (Å²) in [7, 11) is 0. The molecule has 9 nitrogen and oxygen atoms in total. The Hall–Kier alpha value is -2.75. The molecule has 0 saturated carbocycles. The van der Waals surface area contributed by atoms with Gasteiger partial charge in [0.25, 0.3) is 0 Å². The van der Waals surface area contributed by atoms with Gasteiger partial charge in [0, 0.05) is 4.88 Å². The van der Waals surface area contributed by atoms with Crippen molar-refractivity contribution in [3.63, 3.8) is 0 Å². The van der Waals surface area contributed by atoms with Gasteiger partial charge in [-0.15, -0.1) is 11.3 Å². The third-order valence-corrected chi connectivity index (χ3v) is 5.19. The summed E-state index contributed by atoms with van der Waals surface area (Å²) < 4.78 is 6.34. The predicted octanol–water partition coefficient (Wildman–Crippen LogP) is 3.15. The molecule has 10 heteroatoms. The molecule has 0 bridgehead atoms. The zero-order chi connectivity index (χ0) is 19.6. The number of aryl methyl sites for hydroxylation is 1. The molecule has 1 amide bonds. The fourth-order valence-electron chi connectivity index (χ4n) is 2.48. The lowest BCUT2D eigenvalue weighted by Gasteiger charge is -2.14. The van der Waals surface area contributed by atoms with Crippen LogP contribution in [0.3, 0.4) is 0 Å². The standard InChI is InChI=1S/C16H20N4O5S/c1-6-25-16(22)13-8(2)11(5)26-15(13)18-14(21)10(4)19-9(3)12(7-17-19)20(23)24/h7,10H,6H2,1-5H3,(H,18,21). The number of thiophene rings is 1. The molecular formula is C16H20N4O5S. The molecule has 2 heterocycles. The molecule has 1 unspecified atom stereocenters. The van der Waals surface area contributed by atoms with Crippen LogP contribution < -0.4 is 5.32 Å². The molecule has 1 N–H and O–H groups in total. The van der Waals surface area contributed by atoms with Crippen LogP contribution >= 0.6 is 11.3 Å². The Morgan fingerprint density at radius 2 is 2.08 bits per heavy atom. The fraction of sp³-hybridized carbons (Fsp3) is 0.438. The Morgan fingerprint density at radius 3 is 2.62 bits per heavy atom. The third kappa shape index (κ3) is 3.59. The van der Waals surface area contributed by atoms with E-state index in [1.807, 2.05) is 6.92 Å². The number of nitro groups is 1. The van der Waals surface area contributed by atoms with Crippen molar-refractivity contribution in [2.75, 3.05) is 11.9 Å². The Labute approximate surface area is 154 Å². The second kappa shape index (κ2) is 7.65. The van der Waals surface area contributed by atoms with Gasteiger partial charge in [-0.2, -0.15) is 5.10 Å². The summed E-state index contributed by atoms with van der Waals surface area (Å²) in [4.78, 5) is 36.1. The highest BCUT2D eigenvalue weighted by atomic mass is 32.1. The summed E-state index contributed by atoms with van der Waals surface area (Å²) in [5.74, 6) is -0.930. The normalized spacial score (nSPS) is 11.9. The molecule has 2 aromatic rings. The smallest absolute Gasteiger partial charge is 0.341 e. The van der Waals surface area contributed by atoms with Crippen LogP contribution in [0.1, 0.15) is 46.4 Å². The highest BCUT2D eigenvalue weighted by molar-refractivity contribution is 7.16. The highest BCUT2D eigenvalue weighted by Gasteiger charge is 2.27. The van der Waals surface area contributed by atoms with E-state index in [1.54, 1.807) is 20.8 Å². The minimum atomic E-state index is -0.790. The van der Waals surface area contributed by atoms with E-state index in [1.165, 1.54) is 22.9 Å². The van der Waals surface area contributed by atoms with Crippen LogP contribution in [-0.2, 0) is 9.53 Å². The summed E-state index contributed by atoms with van der Waals surface area (Å²) in [6, 6.07) is -0.790. The van der Waals surface area contributed by atoms with E-state index in [4.69, 9.17) is 4.74 Å². The molecule has 0 aliphatic carbocycles. The van der Waals surface area contributed by atoms with Crippen LogP contribution in [0.4, 0.5) is 10.7 Å². The van der Waals surface area contributed by atoms with Gasteiger partial charge in [0.2, 0.25) is 5.91 Å². The maximum Gasteiger partial charge on any atom is 0.341 e. The largest absolute Gasteiger partial charge is 0.462 e. The quantitative estimate of drug-likeness (QED) is 0.467. The molecule has 0 aromatic carbocycles. The van der Waals surface area contributed by atoms with Crippen molar-refractivity contribution in [2.24, 2.45) is 0 Å². The molecule has 2 rings (SSSR count). The van der Waals surface area contributed by atoms with E-state index >= 15 is 0 Å². The summed E-state index contributed by atoms with van der Waals surface area (Å²) in [5, 5.41) is 18.0. The number of carbonyl (C=O) groups is 2. The zero-order valence-corrected chi connectivity index (χ0v) is 16.0. The van der Waals surface area contributed by atoms with Crippen LogP contribution in [0.25, 0.3) is 0 Å². The predicted molar refractivity (Wildman–Crippen MR) is 96.7 cm³/mol. The van der Waals surface area contributed by atoms with Crippen LogP contribution in [0, 0.1) is 30.9 Å². The van der Waals surface area contributed by atoms with E-state index in [0.29, 0.717) is 10.6 Å². The average molecular weight is 380 g/mol. The lowest BCUT2D eigenvalue weighted by Crippen LogP contribution is -2.25. The van der Waals surface area contributed by atoms with E-state index < -0.39 is 22.8 Å². The lowest BCUT2D eigenvalue weighted by molar-refractivity contribution is -0.385. The van der Waals surface area contributed by atoms with Gasteiger partial charge < -0.3 is 10.1 Å². The minimum absolute atomic E-state index is 0.153. The molecule has 0 spiro atoms. The Balaban J connectivity index is 2.29. The SMILES string of the molecule is CCOC(=O)c1c(NC(=O)C(C)n2ncc([N+](=O)[O-])c2C)sc(C)c1C. The molecule has 1 atom stereocenters. The van der Waals surface area contributed by atoms with Crippen molar-refractivity contribution >= 4 is 33.9 Å². The minimum Gasteiger partial charge on any atom is -0.462 e. The molecule has 140 valence electrons. The molecule has 0 aliphatic heterocycles. The van der Waals surface area contributed by atoms with Gasteiger partial charge in [-0.05, 0) is 40.2 Å². The molecule has 0 aliphatic rings. The van der Waals surface area contributed by atoms with E-state index in [0.717, 1.165) is 16.6 Å². The number of hydrogen-bond acceptors (Lipinski definition) is 7. The number of ether oxygens (including phenoxy) is 1. The number of nitrogens with one attached hydrogen (secondary N) is 1. The van der Waals surface area contributed by atoms with Gasteiger partial charge in [0.15, 0.2) is 0 Å². The summed E-state index contributed by atoms with van der Waals surface area (Å²) in [6.45, 7) is 8.68. The van der Waals surface area contributed by atoms with Crippen molar-refractivity contribution in [2.45, 2.75) is 40.7 Å². The first kappa shape index (κ1) is 19.6. The zero-order valence-electron chi connectivity index (χ0n) is 15.2. The van der Waals surface area contributed by atoms with Gasteiger partial charge in [-0.3, -0.25) is 19.6 Å². The average Bonchev–Trinajstić information content (AvgIpc) is 3.07. The lowest BCUT2D eigenvalue weighted by atomic mass is 10.1. The summed E-state index contributed by atoms with van der Waals surface area (Å²) >= 11 is 1.28. The molecule has 0 radical (unpaired) electrons. The van der Waals surface area contributed by atoms with Gasteiger partial charge in [-0.1, -0.05) is 0 Å². The Bertz CT molecular complexity index is 870. The first-order valence-corrected chi connectivity index (χ1v) is 8.77. The van der Waals surface area contributed by atoms with E-state index in [-0.39, 0.29) is 18.0 Å². The first-order chi connectivity index (χ1) is 12.2. The van der Waals surface area contributed by atoms with Crippen molar-refractivity contribution in [3.05, 3.63) is 38.0 Å². The monoisotopic (exact) mass is 380 g/mol. The summed E-state index contributed by atoms with van der Waals surface area (Å²) in [5.41, 5.74) is 1.21. The van der Waals surface area contributed by atoms with Gasteiger partial charge in [0.05, 0.1) is 17.1 Å². The van der Waals surface area contributed by atoms with Crippen LogP contribution in [0.5, 0.6) is 0 Å². The number of aromatic nitrogens is 2. The van der Waals surface area contributed by atoms with Crippen molar-refractivity contribution in [1.29, 1.82) is 0 Å². The number of amides is 1. The second-order valence-electron chi connectivity index (χ2n) is 5.69. The maximum atomic E-state index is 12.6. The van der Waals surface area contributed by atoms with Crippen molar-refractivity contribution in [3.8, 4) is 0 Å². The first-order valence-electron chi connectivity index (χ1n) is 7.95. The Kier molecular flexibility index (Phi) is 5.76. The van der Waals surface area contributed by atoms with Gasteiger partial charge in [-0.25, -0.2) is 4.79 Å². The number of rotatable bonds is 6. The molecule has 0 saturated heterocycles. The molecular weight excluding hydrogens is 360 g/mol. The second-order valence-corrected chi connectivity index (χ2v) is 6.91. The maximum absolute atomic E-state index is 12.6. The van der Waals surface area contributed by atoms with Gasteiger partial charge in [0.1, 0.15) is 22.9 Å². The van der Waals surface area contributed by atoms with E-state index in [2.05, 4.69) is 10.4 Å².